The van der Waals surface area contributed by atoms with Crippen molar-refractivity contribution in [3.63, 3.8) is 0 Å². The van der Waals surface area contributed by atoms with E-state index in [1.807, 2.05) is 13.8 Å². The Kier molecular flexibility index (Phi) is 4.94. The van der Waals surface area contributed by atoms with Crippen molar-refractivity contribution < 1.29 is 13.3 Å². The van der Waals surface area contributed by atoms with Crippen molar-refractivity contribution in [3.05, 3.63) is 0 Å². The van der Waals surface area contributed by atoms with Gasteiger partial charge in [0.25, 0.3) is 0 Å². The summed E-state index contributed by atoms with van der Waals surface area (Å²) in [7, 11) is -3.74. The van der Waals surface area contributed by atoms with Gasteiger partial charge in [-0.3, -0.25) is 4.57 Å². The highest BCUT2D eigenvalue weighted by atomic mass is 31.2. The maximum absolute atomic E-state index is 12.6. The fourth-order valence-corrected chi connectivity index (χ4v) is 1.11. The molecule has 0 fully saturated rings. The molecule has 0 aliphatic heterocycles. The van der Waals surface area contributed by atoms with Crippen LogP contribution in [-0.4, -0.2) is 12.8 Å². The SMILES string of the molecule is CCC(C)COP(=O)(F)CC. The lowest BCUT2D eigenvalue weighted by Gasteiger charge is -2.11. The van der Waals surface area contributed by atoms with Crippen LogP contribution >= 0.6 is 7.68 Å². The average molecular weight is 182 g/mol. The van der Waals surface area contributed by atoms with Crippen LogP contribution in [0.5, 0.6) is 0 Å². The molecule has 0 aromatic carbocycles. The zero-order chi connectivity index (χ0) is 8.91. The smallest absolute Gasteiger partial charge is 0.305 e. The van der Waals surface area contributed by atoms with Crippen LogP contribution < -0.4 is 0 Å². The summed E-state index contributed by atoms with van der Waals surface area (Å²) in [5.74, 6) is 0.283. The Bertz CT molecular complexity index is 149. The van der Waals surface area contributed by atoms with Gasteiger partial charge in [-0.1, -0.05) is 27.2 Å². The number of rotatable bonds is 5. The monoisotopic (exact) mass is 182 g/mol. The first kappa shape index (κ1) is 11.1. The van der Waals surface area contributed by atoms with Gasteiger partial charge in [-0.25, -0.2) is 0 Å². The highest BCUT2D eigenvalue weighted by molar-refractivity contribution is 7.53. The van der Waals surface area contributed by atoms with Crippen LogP contribution in [0.25, 0.3) is 0 Å². The van der Waals surface area contributed by atoms with Crippen LogP contribution in [0.3, 0.4) is 0 Å². The van der Waals surface area contributed by atoms with Gasteiger partial charge in [-0.05, 0) is 5.92 Å². The maximum atomic E-state index is 12.6. The van der Waals surface area contributed by atoms with Gasteiger partial charge in [-0.2, -0.15) is 4.20 Å². The first-order valence-electron chi connectivity index (χ1n) is 3.95. The van der Waals surface area contributed by atoms with E-state index in [2.05, 4.69) is 4.52 Å². The van der Waals surface area contributed by atoms with Crippen LogP contribution in [0.4, 0.5) is 4.20 Å². The third-order valence-corrected chi connectivity index (χ3v) is 2.92. The molecule has 0 N–H and O–H groups in total. The second-order valence-corrected chi connectivity index (χ2v) is 4.79. The largest absolute Gasteiger partial charge is 0.367 e. The van der Waals surface area contributed by atoms with E-state index in [1.54, 1.807) is 0 Å². The Morgan fingerprint density at radius 1 is 1.55 bits per heavy atom. The van der Waals surface area contributed by atoms with Crippen LogP contribution in [0, 0.1) is 5.92 Å². The Balaban J connectivity index is 3.61. The van der Waals surface area contributed by atoms with Crippen LogP contribution in [0.2, 0.25) is 0 Å². The van der Waals surface area contributed by atoms with Gasteiger partial charge in [0, 0.05) is 0 Å². The summed E-state index contributed by atoms with van der Waals surface area (Å²) < 4.78 is 28.0. The van der Waals surface area contributed by atoms with E-state index in [9.17, 15) is 8.76 Å². The summed E-state index contributed by atoms with van der Waals surface area (Å²) in [6.45, 7) is 5.72. The van der Waals surface area contributed by atoms with E-state index in [4.69, 9.17) is 0 Å². The molecule has 4 heteroatoms. The van der Waals surface area contributed by atoms with Gasteiger partial charge in [0.1, 0.15) is 0 Å². The summed E-state index contributed by atoms with van der Waals surface area (Å²) in [5.41, 5.74) is 0. The normalized spacial score (nSPS) is 19.3. The number of halogens is 1. The predicted octanol–water partition coefficient (Wildman–Crippen LogP) is 3.23. The Morgan fingerprint density at radius 3 is 2.45 bits per heavy atom. The van der Waals surface area contributed by atoms with Crippen LogP contribution in [0.15, 0.2) is 0 Å². The van der Waals surface area contributed by atoms with Crippen LogP contribution in [-0.2, 0) is 9.09 Å². The molecule has 0 aromatic rings. The molecule has 0 spiro atoms. The van der Waals surface area contributed by atoms with Crippen molar-refractivity contribution in [2.45, 2.75) is 27.2 Å². The van der Waals surface area contributed by atoms with Crippen LogP contribution in [0.1, 0.15) is 27.2 Å². The molecule has 0 radical (unpaired) electrons. The molecule has 0 heterocycles. The van der Waals surface area contributed by atoms with E-state index in [-0.39, 0.29) is 18.7 Å². The van der Waals surface area contributed by atoms with E-state index in [1.165, 1.54) is 6.92 Å². The molecular formula is C7H16FO2P. The number of hydrogen-bond acceptors (Lipinski definition) is 2. The fourth-order valence-electron chi connectivity index (χ4n) is 0.448. The van der Waals surface area contributed by atoms with E-state index in [0.29, 0.717) is 0 Å². The molecule has 11 heavy (non-hydrogen) atoms. The Morgan fingerprint density at radius 2 is 2.09 bits per heavy atom. The number of hydrogen-bond donors (Lipinski definition) is 0. The van der Waals surface area contributed by atoms with Gasteiger partial charge in [0.15, 0.2) is 0 Å². The molecule has 0 aromatic heterocycles. The zero-order valence-corrected chi connectivity index (χ0v) is 8.23. The Hall–Kier alpha value is 0.120. The molecular weight excluding hydrogens is 166 g/mol. The average Bonchev–Trinajstić information content (AvgIpc) is 2.00. The molecule has 0 saturated carbocycles. The zero-order valence-electron chi connectivity index (χ0n) is 7.34. The van der Waals surface area contributed by atoms with Crippen molar-refractivity contribution in [2.75, 3.05) is 12.8 Å². The first-order valence-corrected chi connectivity index (χ1v) is 5.65. The highest BCUT2D eigenvalue weighted by Gasteiger charge is 2.19. The van der Waals surface area contributed by atoms with E-state index in [0.717, 1.165) is 6.42 Å². The summed E-state index contributed by atoms with van der Waals surface area (Å²) >= 11 is 0. The van der Waals surface area contributed by atoms with Gasteiger partial charge >= 0.3 is 7.68 Å². The minimum atomic E-state index is -3.74. The standard InChI is InChI=1S/C7H16FO2P/c1-4-7(3)6-10-11(8,9)5-2/h7H,4-6H2,1-3H3. The molecule has 0 aliphatic carbocycles. The van der Waals surface area contributed by atoms with Crippen molar-refractivity contribution >= 4 is 7.68 Å². The van der Waals surface area contributed by atoms with Gasteiger partial charge in [0.2, 0.25) is 0 Å². The van der Waals surface area contributed by atoms with Crippen molar-refractivity contribution in [1.29, 1.82) is 0 Å². The topological polar surface area (TPSA) is 26.3 Å². The minimum Gasteiger partial charge on any atom is -0.305 e. The van der Waals surface area contributed by atoms with Crippen molar-refractivity contribution in [1.82, 2.24) is 0 Å². The molecule has 68 valence electrons. The molecule has 0 bridgehead atoms. The van der Waals surface area contributed by atoms with Gasteiger partial charge < -0.3 is 4.52 Å². The van der Waals surface area contributed by atoms with Crippen molar-refractivity contribution in [3.8, 4) is 0 Å². The fraction of sp³-hybridized carbons (Fsp3) is 1.00. The summed E-state index contributed by atoms with van der Waals surface area (Å²) in [4.78, 5) is 0. The van der Waals surface area contributed by atoms with E-state index < -0.39 is 7.68 Å². The summed E-state index contributed by atoms with van der Waals surface area (Å²) in [5, 5.41) is 0. The Labute approximate surface area is 67.7 Å². The first-order chi connectivity index (χ1) is 5.02. The molecule has 2 nitrogen and oxygen atoms in total. The highest BCUT2D eigenvalue weighted by Crippen LogP contribution is 2.48. The summed E-state index contributed by atoms with van der Waals surface area (Å²) in [6, 6.07) is 0. The second-order valence-electron chi connectivity index (χ2n) is 2.72. The summed E-state index contributed by atoms with van der Waals surface area (Å²) in [6.07, 6.45) is 0.896. The molecule has 0 aliphatic rings. The molecule has 2 unspecified atom stereocenters. The van der Waals surface area contributed by atoms with Crippen molar-refractivity contribution in [2.24, 2.45) is 5.92 Å². The molecule has 0 saturated heterocycles. The predicted molar refractivity (Wildman–Crippen MR) is 44.7 cm³/mol. The quantitative estimate of drug-likeness (QED) is 0.610. The lowest BCUT2D eigenvalue weighted by atomic mass is 10.1. The van der Waals surface area contributed by atoms with Gasteiger partial charge in [0.05, 0.1) is 12.8 Å². The molecule has 0 amide bonds. The van der Waals surface area contributed by atoms with E-state index >= 15 is 0 Å². The third kappa shape index (κ3) is 5.40. The second kappa shape index (κ2) is 4.89. The third-order valence-electron chi connectivity index (χ3n) is 1.63. The molecule has 2 atom stereocenters. The minimum absolute atomic E-state index is 0.0244. The molecule has 0 rings (SSSR count). The van der Waals surface area contributed by atoms with Gasteiger partial charge in [-0.15, -0.1) is 0 Å². The lowest BCUT2D eigenvalue weighted by molar-refractivity contribution is 0.239. The lowest BCUT2D eigenvalue weighted by Crippen LogP contribution is -2.02. The maximum Gasteiger partial charge on any atom is 0.367 e.